The van der Waals surface area contributed by atoms with E-state index in [9.17, 15) is 0 Å². The molecule has 0 radical (unpaired) electrons. The molecule has 2 aliphatic carbocycles. The van der Waals surface area contributed by atoms with Crippen LogP contribution in [0.4, 0.5) is 0 Å². The fourth-order valence-corrected chi connectivity index (χ4v) is 4.78. The summed E-state index contributed by atoms with van der Waals surface area (Å²) in [5.74, 6) is 0.899. The van der Waals surface area contributed by atoms with Crippen molar-refractivity contribution >= 4 is 11.3 Å². The van der Waals surface area contributed by atoms with Crippen molar-refractivity contribution in [3.05, 3.63) is 33.6 Å². The summed E-state index contributed by atoms with van der Waals surface area (Å²) in [5, 5.41) is 1.14. The van der Waals surface area contributed by atoms with Gasteiger partial charge in [0.1, 0.15) is 10.8 Å². The number of hydrogen-bond acceptors (Lipinski definition) is 4. The van der Waals surface area contributed by atoms with Gasteiger partial charge >= 0.3 is 0 Å². The molecule has 0 bridgehead atoms. The number of thiazole rings is 1. The van der Waals surface area contributed by atoms with Gasteiger partial charge in [0.25, 0.3) is 0 Å². The Morgan fingerprint density at radius 2 is 2.05 bits per heavy atom. The summed E-state index contributed by atoms with van der Waals surface area (Å²) in [6, 6.07) is 6.29. The van der Waals surface area contributed by atoms with Crippen LogP contribution in [-0.4, -0.2) is 12.1 Å². The van der Waals surface area contributed by atoms with Gasteiger partial charge in [0, 0.05) is 16.9 Å². The lowest BCUT2D eigenvalue weighted by Crippen LogP contribution is -2.38. The van der Waals surface area contributed by atoms with E-state index in [4.69, 9.17) is 15.5 Å². The first-order chi connectivity index (χ1) is 10.2. The molecule has 0 amide bonds. The van der Waals surface area contributed by atoms with Crippen LogP contribution in [0.15, 0.2) is 18.2 Å². The van der Waals surface area contributed by atoms with Crippen LogP contribution in [0.25, 0.3) is 11.3 Å². The molecule has 0 spiro atoms. The minimum absolute atomic E-state index is 0.188. The van der Waals surface area contributed by atoms with Gasteiger partial charge < -0.3 is 10.5 Å². The minimum Gasteiger partial charge on any atom is -0.497 e. The molecule has 0 unspecified atom stereocenters. The second kappa shape index (κ2) is 4.82. The third-order valence-corrected chi connectivity index (χ3v) is 6.07. The smallest absolute Gasteiger partial charge is 0.119 e. The zero-order valence-corrected chi connectivity index (χ0v) is 13.1. The Bertz CT molecular complexity index is 686. The van der Waals surface area contributed by atoms with E-state index in [1.807, 2.05) is 17.4 Å². The fourth-order valence-electron chi connectivity index (χ4n) is 3.52. The van der Waals surface area contributed by atoms with E-state index in [2.05, 4.69) is 12.1 Å². The molecule has 0 atom stereocenters. The monoisotopic (exact) mass is 300 g/mol. The predicted octanol–water partition coefficient (Wildman–Crippen LogP) is 3.84. The van der Waals surface area contributed by atoms with Gasteiger partial charge in [0.05, 0.1) is 18.3 Å². The fraction of sp³-hybridized carbons (Fsp3) is 0.471. The van der Waals surface area contributed by atoms with Crippen LogP contribution in [-0.2, 0) is 12.0 Å². The molecule has 2 N–H and O–H groups in total. The van der Waals surface area contributed by atoms with E-state index in [1.54, 1.807) is 7.11 Å². The molecule has 1 heterocycles. The molecule has 0 saturated heterocycles. The molecule has 4 heteroatoms. The van der Waals surface area contributed by atoms with Crippen LogP contribution in [0.5, 0.6) is 5.75 Å². The van der Waals surface area contributed by atoms with Gasteiger partial charge in [0.15, 0.2) is 0 Å². The third kappa shape index (κ3) is 2.09. The summed E-state index contributed by atoms with van der Waals surface area (Å²) in [4.78, 5) is 6.31. The third-order valence-electron chi connectivity index (χ3n) is 4.79. The first-order valence-corrected chi connectivity index (χ1v) is 8.48. The van der Waals surface area contributed by atoms with Crippen molar-refractivity contribution in [1.82, 2.24) is 4.98 Å². The number of methoxy groups -OCH3 is 1. The van der Waals surface area contributed by atoms with E-state index in [0.717, 1.165) is 35.7 Å². The highest BCUT2D eigenvalue weighted by atomic mass is 32.1. The number of nitrogens with two attached hydrogens (primary N) is 1. The van der Waals surface area contributed by atoms with E-state index >= 15 is 0 Å². The summed E-state index contributed by atoms with van der Waals surface area (Å²) in [7, 11) is 1.71. The number of aromatic nitrogens is 1. The van der Waals surface area contributed by atoms with Gasteiger partial charge in [-0.1, -0.05) is 25.3 Å². The maximum atomic E-state index is 6.64. The summed E-state index contributed by atoms with van der Waals surface area (Å²) in [5.41, 5.74) is 10.2. The van der Waals surface area contributed by atoms with Crippen LogP contribution in [0.1, 0.15) is 47.6 Å². The molecule has 1 fully saturated rings. The minimum atomic E-state index is -0.188. The largest absolute Gasteiger partial charge is 0.497 e. The lowest BCUT2D eigenvalue weighted by molar-refractivity contribution is 0.301. The van der Waals surface area contributed by atoms with Gasteiger partial charge in [-0.3, -0.25) is 0 Å². The van der Waals surface area contributed by atoms with Gasteiger partial charge in [-0.15, -0.1) is 11.3 Å². The molecule has 4 rings (SSSR count). The molecule has 2 aromatic rings. The zero-order valence-electron chi connectivity index (χ0n) is 12.3. The van der Waals surface area contributed by atoms with Crippen molar-refractivity contribution in [2.45, 2.75) is 44.1 Å². The Balaban J connectivity index is 1.74. The Hall–Kier alpha value is -1.39. The summed E-state index contributed by atoms with van der Waals surface area (Å²) in [6.45, 7) is 0. The number of ether oxygens (including phenoxy) is 1. The lowest BCUT2D eigenvalue weighted by atomic mass is 9.83. The number of fused-ring (bicyclic) bond motifs is 3. The van der Waals surface area contributed by atoms with Gasteiger partial charge in [-0.25, -0.2) is 4.98 Å². The topological polar surface area (TPSA) is 48.1 Å². The van der Waals surface area contributed by atoms with E-state index in [1.165, 1.54) is 35.3 Å². The Morgan fingerprint density at radius 3 is 2.81 bits per heavy atom. The number of rotatable bonds is 2. The second-order valence-corrected chi connectivity index (χ2v) is 7.29. The Labute approximate surface area is 129 Å². The predicted molar refractivity (Wildman–Crippen MR) is 85.9 cm³/mol. The normalized spacial score (nSPS) is 19.1. The first kappa shape index (κ1) is 13.3. The van der Waals surface area contributed by atoms with Gasteiger partial charge in [-0.05, 0) is 30.5 Å². The average Bonchev–Trinajstić information content (AvgIpc) is 3.05. The summed E-state index contributed by atoms with van der Waals surface area (Å²) < 4.78 is 5.35. The number of nitrogens with zero attached hydrogens (tertiary/aromatic N) is 1. The molecule has 2 aliphatic rings. The van der Waals surface area contributed by atoms with Crippen molar-refractivity contribution in [2.75, 3.05) is 7.11 Å². The standard InChI is InChI=1S/C17H20N2OS/c1-20-12-6-5-11-9-14-15(13(11)10-12)19-16(21-14)17(18)7-3-2-4-8-17/h5-6,10H,2-4,7-9,18H2,1H3. The quantitative estimate of drug-likeness (QED) is 0.782. The van der Waals surface area contributed by atoms with Crippen molar-refractivity contribution < 1.29 is 4.74 Å². The molecule has 110 valence electrons. The van der Waals surface area contributed by atoms with E-state index < -0.39 is 0 Å². The highest BCUT2D eigenvalue weighted by Crippen LogP contribution is 2.45. The van der Waals surface area contributed by atoms with Crippen LogP contribution >= 0.6 is 11.3 Å². The molecular formula is C17H20N2OS. The van der Waals surface area contributed by atoms with Crippen molar-refractivity contribution in [3.63, 3.8) is 0 Å². The SMILES string of the molecule is COc1ccc2c(c1)-c1nc(C3(N)CCCCC3)sc1C2. The van der Waals surface area contributed by atoms with Crippen LogP contribution in [0.2, 0.25) is 0 Å². The number of hydrogen-bond donors (Lipinski definition) is 1. The zero-order chi connectivity index (χ0) is 14.4. The Kier molecular flexibility index (Phi) is 3.05. The highest BCUT2D eigenvalue weighted by molar-refractivity contribution is 7.12. The number of benzene rings is 1. The molecule has 1 aromatic carbocycles. The van der Waals surface area contributed by atoms with Crippen LogP contribution < -0.4 is 10.5 Å². The molecule has 1 aromatic heterocycles. The van der Waals surface area contributed by atoms with Gasteiger partial charge in [-0.2, -0.15) is 0 Å². The lowest BCUT2D eigenvalue weighted by Gasteiger charge is -2.31. The molecule has 1 saturated carbocycles. The summed E-state index contributed by atoms with van der Waals surface area (Å²) >= 11 is 1.82. The van der Waals surface area contributed by atoms with E-state index in [-0.39, 0.29) is 5.54 Å². The van der Waals surface area contributed by atoms with Crippen LogP contribution in [0, 0.1) is 0 Å². The maximum Gasteiger partial charge on any atom is 0.119 e. The molecule has 21 heavy (non-hydrogen) atoms. The Morgan fingerprint density at radius 1 is 1.24 bits per heavy atom. The summed E-state index contributed by atoms with van der Waals surface area (Å²) in [6.07, 6.45) is 6.90. The molecule has 0 aliphatic heterocycles. The average molecular weight is 300 g/mol. The van der Waals surface area contributed by atoms with Gasteiger partial charge in [0.2, 0.25) is 0 Å². The molecular weight excluding hydrogens is 280 g/mol. The maximum absolute atomic E-state index is 6.64. The van der Waals surface area contributed by atoms with Crippen molar-refractivity contribution in [2.24, 2.45) is 5.73 Å². The second-order valence-electron chi connectivity index (χ2n) is 6.21. The van der Waals surface area contributed by atoms with Crippen LogP contribution in [0.3, 0.4) is 0 Å². The van der Waals surface area contributed by atoms with E-state index in [0.29, 0.717) is 0 Å². The molecule has 3 nitrogen and oxygen atoms in total. The van der Waals surface area contributed by atoms with Crippen molar-refractivity contribution in [3.8, 4) is 17.0 Å². The van der Waals surface area contributed by atoms with Crippen molar-refractivity contribution in [1.29, 1.82) is 0 Å². The first-order valence-electron chi connectivity index (χ1n) is 7.66. The highest BCUT2D eigenvalue weighted by Gasteiger charge is 2.35.